The second-order valence-corrected chi connectivity index (χ2v) is 16.8. The van der Waals surface area contributed by atoms with E-state index >= 15 is 0 Å². The molecule has 12 atom stereocenters. The second kappa shape index (κ2) is 12.0. The summed E-state index contributed by atoms with van der Waals surface area (Å²) in [7, 11) is 0. The van der Waals surface area contributed by atoms with E-state index in [1.165, 1.54) is 50.7 Å². The molecular weight excluding hydrogens is 580 g/mol. The van der Waals surface area contributed by atoms with Crippen molar-refractivity contribution in [3.63, 3.8) is 0 Å². The van der Waals surface area contributed by atoms with E-state index in [0.717, 1.165) is 55.6 Å². The molecule has 6 aliphatic rings. The summed E-state index contributed by atoms with van der Waals surface area (Å²) in [5.41, 5.74) is 1.46. The topological polar surface area (TPSA) is 117 Å². The van der Waals surface area contributed by atoms with Crippen LogP contribution in [0.25, 0.3) is 0 Å². The van der Waals surface area contributed by atoms with E-state index in [4.69, 9.17) is 9.47 Å². The SMILES string of the molecule is C[C@H]1CC[C@@]2(OC1)O[C@H]1C[C@H]3[C@@H]4CC[C@@H]5C[C@@H](NC(=O)CC(=O)NCCc6ccc(O)c(O)c6)CC[C@]5(C)[C@H]4CC[C@]3(C)[C@H]1[C@@H]2C. The molecule has 6 fully saturated rings. The first kappa shape index (κ1) is 32.2. The number of phenolic OH excluding ortho intramolecular Hbond substituents is 2. The Kier molecular flexibility index (Phi) is 8.39. The van der Waals surface area contributed by atoms with Crippen LogP contribution in [-0.2, 0) is 25.5 Å². The lowest BCUT2D eigenvalue weighted by atomic mass is 9.44. The van der Waals surface area contributed by atoms with E-state index < -0.39 is 0 Å². The monoisotopic (exact) mass is 636 g/mol. The third kappa shape index (κ3) is 5.43. The van der Waals surface area contributed by atoms with Crippen LogP contribution in [0.4, 0.5) is 0 Å². The zero-order chi connectivity index (χ0) is 32.4. The van der Waals surface area contributed by atoms with Crippen molar-refractivity contribution in [2.75, 3.05) is 13.2 Å². The van der Waals surface area contributed by atoms with Crippen LogP contribution in [0.2, 0.25) is 0 Å². The summed E-state index contributed by atoms with van der Waals surface area (Å²) in [6.45, 7) is 11.1. The maximum atomic E-state index is 12.9. The summed E-state index contributed by atoms with van der Waals surface area (Å²) in [6.07, 6.45) is 12.4. The molecule has 1 spiro atoms. The number of carbonyl (C=O) groups excluding carboxylic acids is 2. The molecule has 46 heavy (non-hydrogen) atoms. The van der Waals surface area contributed by atoms with Crippen LogP contribution < -0.4 is 10.6 Å². The van der Waals surface area contributed by atoms with Gasteiger partial charge in [-0.3, -0.25) is 9.59 Å². The number of carbonyl (C=O) groups is 2. The lowest BCUT2D eigenvalue weighted by Crippen LogP contribution is -2.56. The van der Waals surface area contributed by atoms with Crippen molar-refractivity contribution in [1.29, 1.82) is 0 Å². The predicted octanol–water partition coefficient (Wildman–Crippen LogP) is 6.08. The molecule has 2 heterocycles. The molecule has 1 aromatic rings. The van der Waals surface area contributed by atoms with Gasteiger partial charge in [-0.25, -0.2) is 0 Å². The van der Waals surface area contributed by atoms with Gasteiger partial charge in [0.2, 0.25) is 11.8 Å². The van der Waals surface area contributed by atoms with Crippen LogP contribution in [-0.4, -0.2) is 53.1 Å². The zero-order valence-corrected chi connectivity index (χ0v) is 28.4. The number of benzene rings is 1. The molecule has 0 radical (unpaired) electrons. The Bertz CT molecular complexity index is 1330. The Morgan fingerprint density at radius 3 is 2.48 bits per heavy atom. The Hall–Kier alpha value is -2.32. The first-order chi connectivity index (χ1) is 21.9. The molecule has 4 N–H and O–H groups in total. The molecule has 254 valence electrons. The van der Waals surface area contributed by atoms with E-state index in [1.54, 1.807) is 6.07 Å². The number of phenols is 2. The summed E-state index contributed by atoms with van der Waals surface area (Å²) < 4.78 is 13.5. The summed E-state index contributed by atoms with van der Waals surface area (Å²) in [5, 5.41) is 25.2. The van der Waals surface area contributed by atoms with Crippen LogP contribution in [0.15, 0.2) is 18.2 Å². The lowest BCUT2D eigenvalue weighted by molar-refractivity contribution is -0.273. The highest BCUT2D eigenvalue weighted by Gasteiger charge is 2.69. The number of fused-ring (bicyclic) bond motifs is 7. The Morgan fingerprint density at radius 1 is 0.913 bits per heavy atom. The number of rotatable bonds is 6. The minimum Gasteiger partial charge on any atom is -0.504 e. The van der Waals surface area contributed by atoms with Gasteiger partial charge < -0.3 is 30.3 Å². The van der Waals surface area contributed by atoms with Gasteiger partial charge in [-0.1, -0.05) is 33.8 Å². The Morgan fingerprint density at radius 2 is 1.72 bits per heavy atom. The van der Waals surface area contributed by atoms with E-state index in [0.29, 0.717) is 53.6 Å². The van der Waals surface area contributed by atoms with Crippen molar-refractivity contribution >= 4 is 11.8 Å². The normalized spacial score (nSPS) is 44.5. The van der Waals surface area contributed by atoms with Crippen molar-refractivity contribution in [1.82, 2.24) is 10.6 Å². The zero-order valence-electron chi connectivity index (χ0n) is 28.4. The number of nitrogens with one attached hydrogen (secondary N) is 2. The van der Waals surface area contributed by atoms with Crippen LogP contribution in [0, 0.1) is 52.3 Å². The maximum Gasteiger partial charge on any atom is 0.229 e. The average molecular weight is 637 g/mol. The molecule has 4 saturated carbocycles. The van der Waals surface area contributed by atoms with Gasteiger partial charge in [0.05, 0.1) is 12.7 Å². The van der Waals surface area contributed by atoms with Crippen molar-refractivity contribution in [2.24, 2.45) is 52.3 Å². The van der Waals surface area contributed by atoms with Gasteiger partial charge in [-0.15, -0.1) is 0 Å². The fraction of sp³-hybridized carbons (Fsp3) is 0.789. The van der Waals surface area contributed by atoms with E-state index in [-0.39, 0.29) is 41.6 Å². The minimum atomic E-state index is -0.349. The van der Waals surface area contributed by atoms with Crippen LogP contribution in [0.1, 0.15) is 104 Å². The number of ether oxygens (including phenoxy) is 2. The van der Waals surface area contributed by atoms with Crippen molar-refractivity contribution in [3.8, 4) is 11.5 Å². The largest absolute Gasteiger partial charge is 0.504 e. The highest BCUT2D eigenvalue weighted by atomic mass is 16.7. The molecule has 2 saturated heterocycles. The van der Waals surface area contributed by atoms with Crippen LogP contribution in [0.5, 0.6) is 11.5 Å². The van der Waals surface area contributed by atoms with Crippen LogP contribution in [0.3, 0.4) is 0 Å². The van der Waals surface area contributed by atoms with E-state index in [1.807, 2.05) is 0 Å². The molecule has 1 aromatic carbocycles. The third-order valence-corrected chi connectivity index (χ3v) is 14.4. The summed E-state index contributed by atoms with van der Waals surface area (Å²) >= 11 is 0. The molecule has 8 heteroatoms. The second-order valence-electron chi connectivity index (χ2n) is 16.8. The first-order valence-corrected chi connectivity index (χ1v) is 18.3. The van der Waals surface area contributed by atoms with E-state index in [9.17, 15) is 19.8 Å². The summed E-state index contributed by atoms with van der Waals surface area (Å²) in [6, 6.07) is 4.76. The molecular formula is C38H56N2O6. The molecule has 2 aliphatic heterocycles. The standard InChI is InChI=1S/C38H56N2O6/c1-22-9-15-38(45-21-22)23(2)35-32(46-38)19-29-27-7-6-25-18-26(10-13-36(25,3)28(27)11-14-37(29,35)4)40-34(44)20-33(43)39-16-12-24-5-8-30(41)31(42)17-24/h5,8,17,22-23,25-29,32,35,41-42H,6-7,9-16,18-21H2,1-4H3,(H,39,43)(H,40,44)/t22-,23-,25+,26-,27+,28-,29-,32-,35-,36-,37-,38+/m0/s1. The van der Waals surface area contributed by atoms with Gasteiger partial charge in [0.25, 0.3) is 0 Å². The Labute approximate surface area is 274 Å². The van der Waals surface area contributed by atoms with Gasteiger partial charge in [0, 0.05) is 24.9 Å². The van der Waals surface area contributed by atoms with Gasteiger partial charge in [-0.05, 0) is 128 Å². The number of aromatic hydroxyl groups is 2. The third-order valence-electron chi connectivity index (χ3n) is 14.4. The Balaban J connectivity index is 0.914. The molecule has 8 nitrogen and oxygen atoms in total. The average Bonchev–Trinajstić information content (AvgIpc) is 3.46. The van der Waals surface area contributed by atoms with Gasteiger partial charge >= 0.3 is 0 Å². The fourth-order valence-corrected chi connectivity index (χ4v) is 12.0. The highest BCUT2D eigenvalue weighted by Crippen LogP contribution is 2.71. The predicted molar refractivity (Wildman–Crippen MR) is 175 cm³/mol. The molecule has 0 aromatic heterocycles. The molecule has 0 bridgehead atoms. The summed E-state index contributed by atoms with van der Waals surface area (Å²) in [5.74, 6) is 3.37. The number of hydrogen-bond acceptors (Lipinski definition) is 6. The molecule has 7 rings (SSSR count). The van der Waals surface area contributed by atoms with Gasteiger partial charge in [0.1, 0.15) is 6.42 Å². The summed E-state index contributed by atoms with van der Waals surface area (Å²) in [4.78, 5) is 25.3. The smallest absolute Gasteiger partial charge is 0.229 e. The van der Waals surface area contributed by atoms with Crippen molar-refractivity contribution in [2.45, 2.75) is 123 Å². The van der Waals surface area contributed by atoms with Gasteiger partial charge in [-0.2, -0.15) is 0 Å². The number of amides is 2. The fourth-order valence-electron chi connectivity index (χ4n) is 12.0. The van der Waals surface area contributed by atoms with Crippen LogP contribution >= 0.6 is 0 Å². The molecule has 0 unspecified atom stereocenters. The van der Waals surface area contributed by atoms with Crippen molar-refractivity contribution in [3.05, 3.63) is 23.8 Å². The first-order valence-electron chi connectivity index (χ1n) is 18.3. The quantitative estimate of drug-likeness (QED) is 0.222. The number of hydrogen-bond donors (Lipinski definition) is 4. The highest BCUT2D eigenvalue weighted by molar-refractivity contribution is 5.96. The maximum absolute atomic E-state index is 12.9. The van der Waals surface area contributed by atoms with Gasteiger partial charge in [0.15, 0.2) is 17.3 Å². The molecule has 4 aliphatic carbocycles. The lowest BCUT2D eigenvalue weighted by Gasteiger charge is -2.61. The minimum absolute atomic E-state index is 0.137. The molecule has 2 amide bonds. The van der Waals surface area contributed by atoms with Crippen molar-refractivity contribution < 1.29 is 29.3 Å². The van der Waals surface area contributed by atoms with E-state index in [2.05, 4.69) is 38.3 Å².